The summed E-state index contributed by atoms with van der Waals surface area (Å²) in [6.45, 7) is 0.795. The number of anilines is 1. The zero-order valence-electron chi connectivity index (χ0n) is 14.6. The Morgan fingerprint density at radius 2 is 2.23 bits per heavy atom. The second-order valence-electron chi connectivity index (χ2n) is 6.65. The van der Waals surface area contributed by atoms with E-state index in [2.05, 4.69) is 49.7 Å². The van der Waals surface area contributed by atoms with Gasteiger partial charge < -0.3 is 15.1 Å². The maximum atomic E-state index is 11.0. The molecule has 6 nitrogen and oxygen atoms in total. The van der Waals surface area contributed by atoms with Gasteiger partial charge in [0, 0.05) is 30.3 Å². The number of nitrogens with zero attached hydrogens (tertiary/aromatic N) is 3. The Hall–Kier alpha value is -2.38. The third-order valence-electron chi connectivity index (χ3n) is 5.03. The number of nitrogen functional groups attached to an aromatic ring is 1. The molecule has 1 aliphatic carbocycles. The van der Waals surface area contributed by atoms with Crippen molar-refractivity contribution in [3.8, 4) is 11.1 Å². The fourth-order valence-corrected chi connectivity index (χ4v) is 3.89. The highest BCUT2D eigenvalue weighted by Crippen LogP contribution is 2.42. The number of carbonyl (C=O) groups excluding carboxylic acids is 1. The molecule has 1 saturated carbocycles. The summed E-state index contributed by atoms with van der Waals surface area (Å²) >= 11 is 1.60. The van der Waals surface area contributed by atoms with Crippen molar-refractivity contribution in [1.82, 2.24) is 19.3 Å². The Morgan fingerprint density at radius 1 is 1.38 bits per heavy atom. The molecule has 1 aliphatic rings. The van der Waals surface area contributed by atoms with Gasteiger partial charge in [0.15, 0.2) is 0 Å². The van der Waals surface area contributed by atoms with E-state index in [9.17, 15) is 4.79 Å². The van der Waals surface area contributed by atoms with E-state index in [0.717, 1.165) is 47.8 Å². The number of carbonyl (C=O) groups is 1. The first-order valence-corrected chi connectivity index (χ1v) is 9.85. The molecule has 26 heavy (non-hydrogen) atoms. The van der Waals surface area contributed by atoms with Crippen molar-refractivity contribution in [1.29, 1.82) is 0 Å². The van der Waals surface area contributed by atoms with E-state index in [1.54, 1.807) is 11.9 Å². The van der Waals surface area contributed by atoms with Crippen LogP contribution in [0, 0.1) is 5.92 Å². The molecular weight excluding hydrogens is 346 g/mol. The largest absolute Gasteiger partial charge is 0.383 e. The minimum absolute atomic E-state index is 0.154. The molecular formula is C19H21N5OS. The summed E-state index contributed by atoms with van der Waals surface area (Å²) in [6.07, 6.45) is 8.40. The lowest BCUT2D eigenvalue weighted by Crippen LogP contribution is -2.27. The Kier molecular flexibility index (Phi) is 4.65. The molecule has 0 radical (unpaired) electrons. The molecule has 1 aromatic carbocycles. The van der Waals surface area contributed by atoms with Crippen molar-refractivity contribution in [2.24, 2.45) is 5.92 Å². The van der Waals surface area contributed by atoms with Gasteiger partial charge in [0.05, 0.1) is 5.39 Å². The van der Waals surface area contributed by atoms with Crippen molar-refractivity contribution < 1.29 is 4.79 Å². The second kappa shape index (κ2) is 7.09. The van der Waals surface area contributed by atoms with Crippen LogP contribution in [0.15, 0.2) is 36.8 Å². The normalized spacial score (nSPS) is 19.4. The van der Waals surface area contributed by atoms with Gasteiger partial charge in [0.2, 0.25) is 0 Å². The molecule has 4 rings (SSSR count). The van der Waals surface area contributed by atoms with Gasteiger partial charge in [0.1, 0.15) is 24.1 Å². The first-order valence-electron chi connectivity index (χ1n) is 8.62. The van der Waals surface area contributed by atoms with E-state index in [4.69, 9.17) is 5.73 Å². The van der Waals surface area contributed by atoms with Gasteiger partial charge in [-0.25, -0.2) is 9.97 Å². The second-order valence-corrected chi connectivity index (χ2v) is 7.35. The summed E-state index contributed by atoms with van der Waals surface area (Å²) in [6, 6.07) is 8.71. The first kappa shape index (κ1) is 17.1. The van der Waals surface area contributed by atoms with Crippen molar-refractivity contribution in [3.63, 3.8) is 0 Å². The number of aromatic nitrogens is 3. The molecule has 0 amide bonds. The van der Waals surface area contributed by atoms with Crippen LogP contribution in [0.3, 0.4) is 0 Å². The summed E-state index contributed by atoms with van der Waals surface area (Å²) in [5.74, 6) is 0.642. The standard InChI is InChI=1S/C19H21N5OS/c1-26-23-8-12-3-2-4-14(5-12)16-9-24(15-6-13(7-15)10-25)19-17(16)18(20)21-11-22-19/h2-5,9-11,13,15,23H,6-8H2,1H3,(H2,20,21,22). The average molecular weight is 367 g/mol. The van der Waals surface area contributed by atoms with Gasteiger partial charge in [-0.15, -0.1) is 0 Å². The summed E-state index contributed by atoms with van der Waals surface area (Å²) in [5.41, 5.74) is 10.4. The highest BCUT2D eigenvalue weighted by molar-refractivity contribution is 7.96. The lowest BCUT2D eigenvalue weighted by Gasteiger charge is -2.33. The van der Waals surface area contributed by atoms with Crippen LogP contribution in [0.5, 0.6) is 0 Å². The van der Waals surface area contributed by atoms with Crippen molar-refractivity contribution >= 4 is 35.1 Å². The Morgan fingerprint density at radius 3 is 3.00 bits per heavy atom. The van der Waals surface area contributed by atoms with Gasteiger partial charge in [-0.1, -0.05) is 30.1 Å². The predicted octanol–water partition coefficient (Wildman–Crippen LogP) is 3.20. The molecule has 3 aromatic rings. The van der Waals surface area contributed by atoms with Crippen molar-refractivity contribution in [2.75, 3.05) is 12.0 Å². The fraction of sp³-hybridized carbons (Fsp3) is 0.316. The molecule has 0 bridgehead atoms. The van der Waals surface area contributed by atoms with Gasteiger partial charge >= 0.3 is 0 Å². The molecule has 0 unspecified atom stereocenters. The van der Waals surface area contributed by atoms with Gasteiger partial charge in [0.25, 0.3) is 0 Å². The highest BCUT2D eigenvalue weighted by Gasteiger charge is 2.32. The molecule has 3 N–H and O–H groups in total. The van der Waals surface area contributed by atoms with Crippen molar-refractivity contribution in [2.45, 2.75) is 25.4 Å². The van der Waals surface area contributed by atoms with E-state index in [0.29, 0.717) is 5.82 Å². The number of rotatable bonds is 6. The Bertz CT molecular complexity index is 948. The minimum atomic E-state index is 0.154. The van der Waals surface area contributed by atoms with Crippen LogP contribution >= 0.6 is 11.9 Å². The van der Waals surface area contributed by atoms with Crippen LogP contribution in [0.1, 0.15) is 24.4 Å². The zero-order valence-corrected chi connectivity index (χ0v) is 15.4. The minimum Gasteiger partial charge on any atom is -0.383 e. The number of nitrogens with one attached hydrogen (secondary N) is 1. The van der Waals surface area contributed by atoms with Crippen LogP contribution in [0.4, 0.5) is 5.82 Å². The lowest BCUT2D eigenvalue weighted by molar-refractivity contribution is -0.114. The Balaban J connectivity index is 1.79. The third-order valence-corrected chi connectivity index (χ3v) is 5.47. The summed E-state index contributed by atoms with van der Waals surface area (Å²) in [4.78, 5) is 19.6. The van der Waals surface area contributed by atoms with Gasteiger partial charge in [-0.05, 0) is 36.3 Å². The Labute approximate surface area is 156 Å². The number of nitrogens with two attached hydrogens (primary N) is 1. The number of benzene rings is 1. The molecule has 0 spiro atoms. The SMILES string of the molecule is CSNCc1cccc(-c2cn(C3CC(C=O)C3)c3ncnc(N)c23)c1. The topological polar surface area (TPSA) is 85.8 Å². The number of hydrogen-bond donors (Lipinski definition) is 2. The van der Waals surface area contributed by atoms with Crippen LogP contribution < -0.4 is 10.5 Å². The first-order chi connectivity index (χ1) is 12.7. The summed E-state index contributed by atoms with van der Waals surface area (Å²) in [7, 11) is 0. The van der Waals surface area contributed by atoms with Crippen LogP contribution in [0.25, 0.3) is 22.2 Å². The molecule has 2 heterocycles. The van der Waals surface area contributed by atoms with Gasteiger partial charge in [-0.2, -0.15) is 0 Å². The lowest BCUT2D eigenvalue weighted by atomic mass is 9.81. The number of aldehydes is 1. The predicted molar refractivity (Wildman–Crippen MR) is 106 cm³/mol. The fourth-order valence-electron chi connectivity index (χ4n) is 3.58. The van der Waals surface area contributed by atoms with Crippen LogP contribution in [-0.4, -0.2) is 27.1 Å². The molecule has 1 fully saturated rings. The van der Waals surface area contributed by atoms with E-state index in [-0.39, 0.29) is 12.0 Å². The smallest absolute Gasteiger partial charge is 0.146 e. The van der Waals surface area contributed by atoms with E-state index in [1.807, 2.05) is 6.26 Å². The van der Waals surface area contributed by atoms with E-state index in [1.165, 1.54) is 11.9 Å². The van der Waals surface area contributed by atoms with E-state index >= 15 is 0 Å². The molecule has 0 aliphatic heterocycles. The molecule has 134 valence electrons. The summed E-state index contributed by atoms with van der Waals surface area (Å²) < 4.78 is 5.44. The quantitative estimate of drug-likeness (QED) is 0.514. The molecule has 0 atom stereocenters. The molecule has 7 heteroatoms. The average Bonchev–Trinajstić information content (AvgIpc) is 3.00. The maximum absolute atomic E-state index is 11.0. The molecule has 0 saturated heterocycles. The maximum Gasteiger partial charge on any atom is 0.146 e. The van der Waals surface area contributed by atoms with Crippen LogP contribution in [0.2, 0.25) is 0 Å². The van der Waals surface area contributed by atoms with E-state index < -0.39 is 0 Å². The van der Waals surface area contributed by atoms with Gasteiger partial charge in [-0.3, -0.25) is 4.72 Å². The molecule has 2 aromatic heterocycles. The highest BCUT2D eigenvalue weighted by atomic mass is 32.2. The third kappa shape index (κ3) is 2.97. The zero-order chi connectivity index (χ0) is 18.1. The van der Waals surface area contributed by atoms with Crippen LogP contribution in [-0.2, 0) is 11.3 Å². The monoisotopic (exact) mass is 367 g/mol. The number of hydrogen-bond acceptors (Lipinski definition) is 6. The van der Waals surface area contributed by atoms with Crippen molar-refractivity contribution in [3.05, 3.63) is 42.4 Å². The number of fused-ring (bicyclic) bond motifs is 1. The summed E-state index contributed by atoms with van der Waals surface area (Å²) in [5, 5.41) is 0.886.